The first kappa shape index (κ1) is 15.2. The molecule has 0 bridgehead atoms. The first-order valence-electron chi connectivity index (χ1n) is 5.91. The summed E-state index contributed by atoms with van der Waals surface area (Å²) in [5.74, 6) is -1.87. The smallest absolute Gasteiger partial charge is 0.414 e. The zero-order valence-corrected chi connectivity index (χ0v) is 11.2. The second kappa shape index (κ2) is 6.33. The lowest BCUT2D eigenvalue weighted by molar-refractivity contribution is -0.159. The van der Waals surface area contributed by atoms with Crippen molar-refractivity contribution in [3.8, 4) is 0 Å². The second-order valence-corrected chi connectivity index (χ2v) is 4.78. The Morgan fingerprint density at radius 1 is 1.42 bits per heavy atom. The van der Waals surface area contributed by atoms with Crippen molar-refractivity contribution >= 4 is 11.9 Å². The number of carbonyl (C=O) groups is 2. The number of carboxylic acids is 2. The predicted molar refractivity (Wildman–Crippen MR) is 65.7 cm³/mol. The Balaban J connectivity index is 0.000000258. The van der Waals surface area contributed by atoms with Gasteiger partial charge < -0.3 is 14.7 Å². The van der Waals surface area contributed by atoms with E-state index in [1.807, 2.05) is 13.0 Å². The zero-order chi connectivity index (χ0) is 14.6. The minimum atomic E-state index is -1.82. The lowest BCUT2D eigenvalue weighted by Gasteiger charge is -2.15. The summed E-state index contributed by atoms with van der Waals surface area (Å²) in [5, 5.41) is 18.7. The van der Waals surface area contributed by atoms with Crippen LogP contribution in [0.25, 0.3) is 0 Å². The molecular formula is C12H18N2O5. The first-order chi connectivity index (χ1) is 8.81. The fraction of sp³-hybridized carbons (Fsp3) is 0.583. The molecule has 0 unspecified atom stereocenters. The third-order valence-corrected chi connectivity index (χ3v) is 2.91. The normalized spacial score (nSPS) is 22.7. The van der Waals surface area contributed by atoms with Gasteiger partial charge in [-0.2, -0.15) is 0 Å². The van der Waals surface area contributed by atoms with Crippen LogP contribution in [0.4, 0.5) is 0 Å². The van der Waals surface area contributed by atoms with Gasteiger partial charge in [0.15, 0.2) is 5.76 Å². The van der Waals surface area contributed by atoms with Gasteiger partial charge in [-0.05, 0) is 26.3 Å². The fourth-order valence-corrected chi connectivity index (χ4v) is 2.13. The van der Waals surface area contributed by atoms with E-state index in [9.17, 15) is 0 Å². The minimum absolute atomic E-state index is 0.441. The summed E-state index contributed by atoms with van der Waals surface area (Å²) in [5.41, 5.74) is 0.975. The summed E-state index contributed by atoms with van der Waals surface area (Å²) < 4.78 is 5.28. The standard InChI is InChI=1S/C10H16N2O.C2H2O4/c1-7-4-9(12(3)6-7)10-5-8(2)11-13-10;3-1(4)2(5)6/h5,7,9H,4,6H2,1-3H3;(H,3,4)(H,5,6)/t7-,9+;/m0./s1. The van der Waals surface area contributed by atoms with E-state index in [2.05, 4.69) is 24.0 Å². The molecular weight excluding hydrogens is 252 g/mol. The minimum Gasteiger partial charge on any atom is -0.473 e. The highest BCUT2D eigenvalue weighted by Crippen LogP contribution is 2.33. The number of hydrogen-bond donors (Lipinski definition) is 2. The summed E-state index contributed by atoms with van der Waals surface area (Å²) in [6.07, 6.45) is 1.19. The van der Waals surface area contributed by atoms with Crippen LogP contribution in [0.3, 0.4) is 0 Å². The van der Waals surface area contributed by atoms with Crippen molar-refractivity contribution in [2.45, 2.75) is 26.3 Å². The third-order valence-electron chi connectivity index (χ3n) is 2.91. The molecule has 2 atom stereocenters. The molecule has 0 spiro atoms. The van der Waals surface area contributed by atoms with Gasteiger partial charge in [0.05, 0.1) is 11.7 Å². The van der Waals surface area contributed by atoms with Crippen LogP contribution in [-0.4, -0.2) is 45.8 Å². The highest BCUT2D eigenvalue weighted by atomic mass is 16.5. The van der Waals surface area contributed by atoms with Crippen molar-refractivity contribution in [3.63, 3.8) is 0 Å². The molecule has 1 aromatic heterocycles. The highest BCUT2D eigenvalue weighted by Gasteiger charge is 2.30. The van der Waals surface area contributed by atoms with Crippen LogP contribution >= 0.6 is 0 Å². The molecule has 0 saturated carbocycles. The van der Waals surface area contributed by atoms with Crippen LogP contribution < -0.4 is 0 Å². The molecule has 0 aliphatic carbocycles. The van der Waals surface area contributed by atoms with Gasteiger partial charge in [-0.1, -0.05) is 12.1 Å². The van der Waals surface area contributed by atoms with E-state index in [4.69, 9.17) is 24.3 Å². The number of rotatable bonds is 1. The number of nitrogens with zero attached hydrogens (tertiary/aromatic N) is 2. The van der Waals surface area contributed by atoms with Crippen LogP contribution in [0, 0.1) is 12.8 Å². The molecule has 7 heteroatoms. The molecule has 19 heavy (non-hydrogen) atoms. The second-order valence-electron chi connectivity index (χ2n) is 4.78. The number of likely N-dealkylation sites (tertiary alicyclic amines) is 1. The van der Waals surface area contributed by atoms with Gasteiger partial charge in [-0.3, -0.25) is 4.90 Å². The van der Waals surface area contributed by atoms with Gasteiger partial charge in [0.25, 0.3) is 0 Å². The average molecular weight is 270 g/mol. The average Bonchev–Trinajstić information content (AvgIpc) is 2.85. The molecule has 2 heterocycles. The number of carboxylic acid groups (broad SMARTS) is 2. The summed E-state index contributed by atoms with van der Waals surface area (Å²) in [6.45, 7) is 5.40. The van der Waals surface area contributed by atoms with Crippen molar-refractivity contribution in [1.82, 2.24) is 10.1 Å². The van der Waals surface area contributed by atoms with Gasteiger partial charge in [-0.25, -0.2) is 9.59 Å². The Bertz CT molecular complexity index is 445. The Morgan fingerprint density at radius 2 is 2.00 bits per heavy atom. The quantitative estimate of drug-likeness (QED) is 0.737. The van der Waals surface area contributed by atoms with Gasteiger partial charge >= 0.3 is 11.9 Å². The van der Waals surface area contributed by atoms with Crippen molar-refractivity contribution in [2.24, 2.45) is 5.92 Å². The number of aliphatic carboxylic acids is 2. The van der Waals surface area contributed by atoms with Crippen LogP contribution in [-0.2, 0) is 9.59 Å². The maximum atomic E-state index is 9.10. The summed E-state index contributed by atoms with van der Waals surface area (Å²) >= 11 is 0. The van der Waals surface area contributed by atoms with E-state index in [1.165, 1.54) is 6.42 Å². The summed E-state index contributed by atoms with van der Waals surface area (Å²) in [6, 6.07) is 2.48. The molecule has 0 amide bonds. The van der Waals surface area contributed by atoms with Crippen LogP contribution in [0.5, 0.6) is 0 Å². The molecule has 2 N–H and O–H groups in total. The fourth-order valence-electron chi connectivity index (χ4n) is 2.13. The number of aryl methyl sites for hydroxylation is 1. The topological polar surface area (TPSA) is 104 Å². The molecule has 106 valence electrons. The van der Waals surface area contributed by atoms with Gasteiger partial charge in [-0.15, -0.1) is 0 Å². The summed E-state index contributed by atoms with van der Waals surface area (Å²) in [7, 11) is 2.14. The predicted octanol–water partition coefficient (Wildman–Crippen LogP) is 1.15. The third kappa shape index (κ3) is 4.36. The number of aromatic nitrogens is 1. The molecule has 0 radical (unpaired) electrons. The molecule has 2 rings (SSSR count). The first-order valence-corrected chi connectivity index (χ1v) is 5.91. The maximum Gasteiger partial charge on any atom is 0.414 e. The SMILES string of the molecule is Cc1cc([C@H]2C[C@H](C)CN2C)on1.O=C(O)C(=O)O. The molecule has 1 aliphatic heterocycles. The van der Waals surface area contributed by atoms with Gasteiger partial charge in [0.2, 0.25) is 0 Å². The lowest BCUT2D eigenvalue weighted by Crippen LogP contribution is -2.17. The molecule has 1 fully saturated rings. The van der Waals surface area contributed by atoms with E-state index in [1.54, 1.807) is 0 Å². The lowest BCUT2D eigenvalue weighted by atomic mass is 10.1. The number of hydrogen-bond acceptors (Lipinski definition) is 5. The van der Waals surface area contributed by atoms with Crippen molar-refractivity contribution < 1.29 is 24.3 Å². The Kier molecular flexibility index (Phi) is 5.05. The molecule has 0 aromatic carbocycles. The molecule has 1 aliphatic rings. The molecule has 7 nitrogen and oxygen atoms in total. The van der Waals surface area contributed by atoms with E-state index in [0.717, 1.165) is 23.9 Å². The maximum absolute atomic E-state index is 9.10. The van der Waals surface area contributed by atoms with Gasteiger partial charge in [0, 0.05) is 12.6 Å². The van der Waals surface area contributed by atoms with E-state index < -0.39 is 11.9 Å². The van der Waals surface area contributed by atoms with E-state index >= 15 is 0 Å². The monoisotopic (exact) mass is 270 g/mol. The van der Waals surface area contributed by atoms with Crippen molar-refractivity contribution in [1.29, 1.82) is 0 Å². The van der Waals surface area contributed by atoms with Crippen LogP contribution in [0.2, 0.25) is 0 Å². The van der Waals surface area contributed by atoms with Crippen LogP contribution in [0.1, 0.15) is 30.8 Å². The largest absolute Gasteiger partial charge is 0.473 e. The van der Waals surface area contributed by atoms with Gasteiger partial charge in [0.1, 0.15) is 0 Å². The Labute approximate surface area is 110 Å². The van der Waals surface area contributed by atoms with Crippen molar-refractivity contribution in [2.75, 3.05) is 13.6 Å². The highest BCUT2D eigenvalue weighted by molar-refractivity contribution is 6.27. The van der Waals surface area contributed by atoms with E-state index in [0.29, 0.717) is 6.04 Å². The Hall–Kier alpha value is -1.89. The molecule has 1 aromatic rings. The van der Waals surface area contributed by atoms with Crippen LogP contribution in [0.15, 0.2) is 10.6 Å². The zero-order valence-electron chi connectivity index (χ0n) is 11.2. The molecule has 1 saturated heterocycles. The Morgan fingerprint density at radius 3 is 2.32 bits per heavy atom. The summed E-state index contributed by atoms with van der Waals surface area (Å²) in [4.78, 5) is 20.5. The van der Waals surface area contributed by atoms with Crippen molar-refractivity contribution in [3.05, 3.63) is 17.5 Å². The van der Waals surface area contributed by atoms with E-state index in [-0.39, 0.29) is 0 Å².